The zero-order valence-corrected chi connectivity index (χ0v) is 9.95. The molecule has 1 aromatic rings. The van der Waals surface area contributed by atoms with Gasteiger partial charge in [0.15, 0.2) is 0 Å². The van der Waals surface area contributed by atoms with E-state index < -0.39 is 0 Å². The van der Waals surface area contributed by atoms with Crippen LogP contribution in [0.5, 0.6) is 0 Å². The van der Waals surface area contributed by atoms with E-state index in [1.807, 2.05) is 12.5 Å². The summed E-state index contributed by atoms with van der Waals surface area (Å²) >= 11 is 0. The molecule has 0 aromatic carbocycles. The van der Waals surface area contributed by atoms with Gasteiger partial charge in [-0.25, -0.2) is 4.98 Å². The minimum absolute atomic E-state index is 0.581. The molecule has 0 spiro atoms. The summed E-state index contributed by atoms with van der Waals surface area (Å²) in [6.07, 6.45) is 12.8. The summed E-state index contributed by atoms with van der Waals surface area (Å²) in [5.74, 6) is 0.927. The Balaban J connectivity index is 1.80. The molecule has 2 heteroatoms. The smallest absolute Gasteiger partial charge is 0.0945 e. The van der Waals surface area contributed by atoms with Crippen molar-refractivity contribution in [2.24, 2.45) is 11.3 Å². The Bertz CT molecular complexity index is 287. The van der Waals surface area contributed by atoms with Crippen molar-refractivity contribution < 1.29 is 0 Å². The molecule has 1 fully saturated rings. The number of imidazole rings is 1. The first-order valence-electron chi connectivity index (χ1n) is 6.11. The highest BCUT2D eigenvalue weighted by Crippen LogP contribution is 2.39. The minimum atomic E-state index is 0.581. The van der Waals surface area contributed by atoms with Crippen LogP contribution in [0, 0.1) is 11.3 Å². The summed E-state index contributed by atoms with van der Waals surface area (Å²) in [6.45, 7) is 5.97. The van der Waals surface area contributed by atoms with Gasteiger partial charge < -0.3 is 4.57 Å². The van der Waals surface area contributed by atoms with E-state index >= 15 is 0 Å². The Morgan fingerprint density at radius 2 is 2.33 bits per heavy atom. The lowest BCUT2D eigenvalue weighted by Crippen LogP contribution is -2.23. The fraction of sp³-hybridized carbons (Fsp3) is 0.769. The zero-order valence-electron chi connectivity index (χ0n) is 9.95. The molecule has 0 N–H and O–H groups in total. The molecule has 1 saturated carbocycles. The Morgan fingerprint density at radius 1 is 1.47 bits per heavy atom. The van der Waals surface area contributed by atoms with Crippen molar-refractivity contribution in [3.05, 3.63) is 18.7 Å². The fourth-order valence-corrected chi connectivity index (χ4v) is 2.85. The highest BCUT2D eigenvalue weighted by atomic mass is 15.0. The van der Waals surface area contributed by atoms with Crippen LogP contribution in [-0.4, -0.2) is 9.55 Å². The van der Waals surface area contributed by atoms with E-state index in [1.54, 1.807) is 0 Å². The molecular weight excluding hydrogens is 184 g/mol. The zero-order chi connectivity index (χ0) is 10.7. The van der Waals surface area contributed by atoms with Gasteiger partial charge in [0.25, 0.3) is 0 Å². The van der Waals surface area contributed by atoms with E-state index in [9.17, 15) is 0 Å². The predicted molar refractivity (Wildman–Crippen MR) is 62.6 cm³/mol. The van der Waals surface area contributed by atoms with Gasteiger partial charge in [0.05, 0.1) is 6.33 Å². The van der Waals surface area contributed by atoms with Gasteiger partial charge in [-0.05, 0) is 30.6 Å². The largest absolute Gasteiger partial charge is 0.337 e. The quantitative estimate of drug-likeness (QED) is 0.740. The third-order valence-electron chi connectivity index (χ3n) is 3.66. The van der Waals surface area contributed by atoms with Crippen LogP contribution in [0.4, 0.5) is 0 Å². The molecule has 1 atom stereocenters. The normalized spacial score (nSPS) is 25.3. The first kappa shape index (κ1) is 10.7. The van der Waals surface area contributed by atoms with Crippen LogP contribution in [-0.2, 0) is 6.54 Å². The average molecular weight is 206 g/mol. The van der Waals surface area contributed by atoms with E-state index in [4.69, 9.17) is 0 Å². The second-order valence-corrected chi connectivity index (χ2v) is 5.72. The maximum Gasteiger partial charge on any atom is 0.0945 e. The van der Waals surface area contributed by atoms with Crippen molar-refractivity contribution in [3.63, 3.8) is 0 Å². The van der Waals surface area contributed by atoms with Crippen LogP contribution >= 0.6 is 0 Å². The van der Waals surface area contributed by atoms with Crippen LogP contribution in [0.2, 0.25) is 0 Å². The third kappa shape index (κ3) is 3.08. The molecule has 1 aliphatic carbocycles. The molecule has 0 bridgehead atoms. The number of rotatable bonds is 3. The molecule has 1 unspecified atom stereocenters. The fourth-order valence-electron chi connectivity index (χ4n) is 2.85. The molecule has 1 aromatic heterocycles. The molecular formula is C13H22N2. The van der Waals surface area contributed by atoms with Crippen molar-refractivity contribution in [1.82, 2.24) is 9.55 Å². The SMILES string of the molecule is CC1(C)CCCC(CCn2ccnc2)C1. The van der Waals surface area contributed by atoms with Gasteiger partial charge in [-0.1, -0.05) is 26.7 Å². The van der Waals surface area contributed by atoms with Gasteiger partial charge in [-0.15, -0.1) is 0 Å². The maximum absolute atomic E-state index is 4.08. The van der Waals surface area contributed by atoms with Gasteiger partial charge in [0.2, 0.25) is 0 Å². The number of hydrogen-bond donors (Lipinski definition) is 0. The lowest BCUT2D eigenvalue weighted by Gasteiger charge is -2.35. The Kier molecular flexibility index (Phi) is 3.13. The molecule has 1 aliphatic rings. The molecule has 2 rings (SSSR count). The predicted octanol–water partition coefficient (Wildman–Crippen LogP) is 3.49. The monoisotopic (exact) mass is 206 g/mol. The maximum atomic E-state index is 4.08. The number of nitrogens with zero attached hydrogens (tertiary/aromatic N) is 2. The number of hydrogen-bond acceptors (Lipinski definition) is 1. The summed E-state index contributed by atoms with van der Waals surface area (Å²) in [6, 6.07) is 0. The molecule has 15 heavy (non-hydrogen) atoms. The highest BCUT2D eigenvalue weighted by molar-refractivity contribution is 4.80. The van der Waals surface area contributed by atoms with Crippen molar-refractivity contribution in [2.75, 3.05) is 0 Å². The van der Waals surface area contributed by atoms with Gasteiger partial charge in [0, 0.05) is 18.9 Å². The van der Waals surface area contributed by atoms with E-state index in [2.05, 4.69) is 29.6 Å². The van der Waals surface area contributed by atoms with Gasteiger partial charge >= 0.3 is 0 Å². The molecule has 84 valence electrons. The van der Waals surface area contributed by atoms with Crippen LogP contribution in [0.3, 0.4) is 0 Å². The molecule has 0 saturated heterocycles. The first-order chi connectivity index (χ1) is 7.16. The molecule has 2 nitrogen and oxygen atoms in total. The van der Waals surface area contributed by atoms with Crippen molar-refractivity contribution >= 4 is 0 Å². The second-order valence-electron chi connectivity index (χ2n) is 5.72. The second kappa shape index (κ2) is 4.38. The highest BCUT2D eigenvalue weighted by Gasteiger charge is 2.27. The lowest BCUT2D eigenvalue weighted by molar-refractivity contribution is 0.169. The molecule has 0 aliphatic heterocycles. The third-order valence-corrected chi connectivity index (χ3v) is 3.66. The summed E-state index contributed by atoms with van der Waals surface area (Å²) in [5.41, 5.74) is 0.581. The molecule has 1 heterocycles. The molecule has 0 radical (unpaired) electrons. The van der Waals surface area contributed by atoms with E-state index in [1.165, 1.54) is 32.1 Å². The van der Waals surface area contributed by atoms with Crippen molar-refractivity contribution in [2.45, 2.75) is 52.5 Å². The van der Waals surface area contributed by atoms with Crippen molar-refractivity contribution in [3.8, 4) is 0 Å². The van der Waals surface area contributed by atoms with Gasteiger partial charge in [0.1, 0.15) is 0 Å². The average Bonchev–Trinajstić information content (AvgIpc) is 2.65. The summed E-state index contributed by atoms with van der Waals surface area (Å²) in [5, 5.41) is 0. The van der Waals surface area contributed by atoms with Crippen LogP contribution < -0.4 is 0 Å². The van der Waals surface area contributed by atoms with Crippen LogP contribution in [0.15, 0.2) is 18.7 Å². The summed E-state index contributed by atoms with van der Waals surface area (Å²) < 4.78 is 2.20. The van der Waals surface area contributed by atoms with Crippen LogP contribution in [0.25, 0.3) is 0 Å². The van der Waals surface area contributed by atoms with Crippen LogP contribution in [0.1, 0.15) is 46.0 Å². The topological polar surface area (TPSA) is 17.8 Å². The summed E-state index contributed by atoms with van der Waals surface area (Å²) in [4.78, 5) is 4.08. The van der Waals surface area contributed by atoms with E-state index in [0.29, 0.717) is 5.41 Å². The van der Waals surface area contributed by atoms with Gasteiger partial charge in [-0.3, -0.25) is 0 Å². The Morgan fingerprint density at radius 3 is 3.00 bits per heavy atom. The summed E-state index contributed by atoms with van der Waals surface area (Å²) in [7, 11) is 0. The van der Waals surface area contributed by atoms with E-state index in [-0.39, 0.29) is 0 Å². The van der Waals surface area contributed by atoms with E-state index in [0.717, 1.165) is 12.5 Å². The van der Waals surface area contributed by atoms with Gasteiger partial charge in [-0.2, -0.15) is 0 Å². The standard InChI is InChI=1S/C13H22N2/c1-13(2)6-3-4-12(10-13)5-8-15-9-7-14-11-15/h7,9,11-12H,3-6,8,10H2,1-2H3. The lowest BCUT2D eigenvalue weighted by atomic mass is 9.71. The molecule has 0 amide bonds. The number of aromatic nitrogens is 2. The Labute approximate surface area is 92.7 Å². The van der Waals surface area contributed by atoms with Crippen molar-refractivity contribution in [1.29, 1.82) is 0 Å². The Hall–Kier alpha value is -0.790. The first-order valence-corrected chi connectivity index (χ1v) is 6.11. The number of aryl methyl sites for hydroxylation is 1. The minimum Gasteiger partial charge on any atom is -0.337 e.